The maximum absolute atomic E-state index is 13.3. The van der Waals surface area contributed by atoms with Crippen LogP contribution in [0.2, 0.25) is 0 Å². The smallest absolute Gasteiger partial charge is 0.416 e. The van der Waals surface area contributed by atoms with Gasteiger partial charge in [0.2, 0.25) is 0 Å². The Labute approximate surface area is 160 Å². The highest BCUT2D eigenvalue weighted by Crippen LogP contribution is 2.64. The molecule has 2 aromatic rings. The molecule has 0 aromatic heterocycles. The molecular formula is C22H19F3NO2-. The van der Waals surface area contributed by atoms with Gasteiger partial charge in [-0.1, -0.05) is 30.3 Å². The first-order valence-corrected chi connectivity index (χ1v) is 9.62. The number of rotatable bonds is 2. The molecule has 0 spiro atoms. The summed E-state index contributed by atoms with van der Waals surface area (Å²) in [6.07, 6.45) is -1.18. The van der Waals surface area contributed by atoms with Gasteiger partial charge in [-0.2, -0.15) is 13.2 Å². The monoisotopic (exact) mass is 386 g/mol. The van der Waals surface area contributed by atoms with E-state index in [4.69, 9.17) is 0 Å². The number of fused-ring (bicyclic) bond motifs is 7. The van der Waals surface area contributed by atoms with Gasteiger partial charge in [-0.3, -0.25) is 0 Å². The van der Waals surface area contributed by atoms with Crippen LogP contribution in [0.3, 0.4) is 0 Å². The first kappa shape index (κ1) is 17.6. The number of aromatic carboxylic acids is 1. The number of carboxylic acid groups (broad SMARTS) is 1. The van der Waals surface area contributed by atoms with E-state index in [1.54, 1.807) is 12.1 Å². The first-order chi connectivity index (χ1) is 13.3. The molecule has 28 heavy (non-hydrogen) atoms. The van der Waals surface area contributed by atoms with Crippen LogP contribution in [-0.2, 0) is 6.18 Å². The molecule has 2 aliphatic carbocycles. The van der Waals surface area contributed by atoms with E-state index in [9.17, 15) is 23.1 Å². The lowest BCUT2D eigenvalue weighted by Crippen LogP contribution is -2.37. The highest BCUT2D eigenvalue weighted by molar-refractivity contribution is 5.94. The summed E-state index contributed by atoms with van der Waals surface area (Å²) in [5.74, 6) is -0.0164. The van der Waals surface area contributed by atoms with Crippen LogP contribution in [0.1, 0.15) is 58.3 Å². The van der Waals surface area contributed by atoms with Crippen molar-refractivity contribution in [1.82, 2.24) is 0 Å². The Kier molecular flexibility index (Phi) is 3.77. The molecule has 5 rings (SSSR count). The number of carbonyl (C=O) groups is 1. The summed E-state index contributed by atoms with van der Waals surface area (Å²) in [5.41, 5.74) is 1.46. The number of hydrogen-bond donors (Lipinski definition) is 1. The predicted octanol–water partition coefficient (Wildman–Crippen LogP) is 4.37. The molecule has 3 nitrogen and oxygen atoms in total. The van der Waals surface area contributed by atoms with Crippen molar-refractivity contribution in [1.29, 1.82) is 0 Å². The Morgan fingerprint density at radius 1 is 1.07 bits per heavy atom. The van der Waals surface area contributed by atoms with Crippen LogP contribution in [0.15, 0.2) is 42.5 Å². The molecule has 0 amide bonds. The maximum Gasteiger partial charge on any atom is 0.416 e. The van der Waals surface area contributed by atoms with Crippen molar-refractivity contribution in [2.24, 2.45) is 17.8 Å². The van der Waals surface area contributed by atoms with Gasteiger partial charge in [0.05, 0.1) is 17.6 Å². The van der Waals surface area contributed by atoms with Crippen molar-refractivity contribution in [2.45, 2.75) is 37.4 Å². The summed E-state index contributed by atoms with van der Waals surface area (Å²) in [7, 11) is 0. The van der Waals surface area contributed by atoms with E-state index < -0.39 is 17.7 Å². The fourth-order valence-corrected chi connectivity index (χ4v) is 5.92. The third-order valence-corrected chi connectivity index (χ3v) is 6.91. The highest BCUT2D eigenvalue weighted by Gasteiger charge is 2.54. The van der Waals surface area contributed by atoms with E-state index in [-0.39, 0.29) is 23.4 Å². The summed E-state index contributed by atoms with van der Waals surface area (Å²) in [6, 6.07) is 10.3. The molecule has 146 valence electrons. The van der Waals surface area contributed by atoms with Crippen molar-refractivity contribution in [3.8, 4) is 0 Å². The Morgan fingerprint density at radius 3 is 2.57 bits per heavy atom. The molecule has 2 aromatic carbocycles. The molecule has 2 fully saturated rings. The largest absolute Gasteiger partial charge is 0.545 e. The zero-order valence-electron chi connectivity index (χ0n) is 15.0. The fraction of sp³-hybridized carbons (Fsp3) is 0.409. The Balaban J connectivity index is 1.65. The summed E-state index contributed by atoms with van der Waals surface area (Å²) in [6.45, 7) is 0. The molecule has 1 aliphatic heterocycles. The van der Waals surface area contributed by atoms with E-state index >= 15 is 0 Å². The molecular weight excluding hydrogens is 367 g/mol. The van der Waals surface area contributed by atoms with Crippen molar-refractivity contribution in [2.75, 3.05) is 5.32 Å². The Morgan fingerprint density at radius 2 is 1.82 bits per heavy atom. The van der Waals surface area contributed by atoms with Gasteiger partial charge in [-0.15, -0.1) is 0 Å². The van der Waals surface area contributed by atoms with Crippen LogP contribution < -0.4 is 10.4 Å². The van der Waals surface area contributed by atoms with Crippen molar-refractivity contribution < 1.29 is 23.1 Å². The van der Waals surface area contributed by atoms with Gasteiger partial charge < -0.3 is 15.2 Å². The van der Waals surface area contributed by atoms with Gasteiger partial charge in [0.15, 0.2) is 0 Å². The van der Waals surface area contributed by atoms with E-state index in [0.717, 1.165) is 30.9 Å². The number of carbonyl (C=O) groups excluding carboxylic acids is 1. The van der Waals surface area contributed by atoms with Gasteiger partial charge in [-0.05, 0) is 66.2 Å². The normalized spacial score (nSPS) is 30.5. The number of halogens is 3. The molecule has 0 radical (unpaired) electrons. The van der Waals surface area contributed by atoms with Crippen LogP contribution in [0.4, 0.5) is 18.9 Å². The number of para-hydroxylation sites is 1. The third-order valence-electron chi connectivity index (χ3n) is 6.91. The highest BCUT2D eigenvalue weighted by atomic mass is 19.4. The molecule has 0 saturated heterocycles. The summed E-state index contributed by atoms with van der Waals surface area (Å²) in [5, 5.41) is 15.0. The number of anilines is 1. The van der Waals surface area contributed by atoms with E-state index in [2.05, 4.69) is 5.32 Å². The standard InChI is InChI=1S/C22H20F3NO2/c23-22(24,25)14-4-1-3-13(10-14)19-18-12-8-7-11(9-12)17(18)15-5-2-6-16(21(27)28)20(15)26-19/h1-6,10-12,17-19,26H,7-9H2,(H,27,28)/p-1/t11-,12-,17+,18-,19+/m0/s1. The molecule has 1 heterocycles. The zero-order valence-corrected chi connectivity index (χ0v) is 15.0. The van der Waals surface area contributed by atoms with Crippen molar-refractivity contribution in [3.05, 3.63) is 64.7 Å². The van der Waals surface area contributed by atoms with Crippen LogP contribution in [-0.4, -0.2) is 5.97 Å². The number of nitrogens with one attached hydrogen (secondary N) is 1. The third kappa shape index (κ3) is 2.54. The first-order valence-electron chi connectivity index (χ1n) is 9.62. The molecule has 2 bridgehead atoms. The minimum absolute atomic E-state index is 0.0794. The minimum atomic E-state index is -4.41. The van der Waals surface area contributed by atoms with E-state index in [1.165, 1.54) is 18.2 Å². The van der Waals surface area contributed by atoms with Crippen LogP contribution in [0.25, 0.3) is 0 Å². The van der Waals surface area contributed by atoms with Gasteiger partial charge in [0, 0.05) is 11.3 Å². The number of hydrogen-bond acceptors (Lipinski definition) is 3. The van der Waals surface area contributed by atoms with Crippen LogP contribution in [0, 0.1) is 17.8 Å². The predicted molar refractivity (Wildman–Crippen MR) is 95.6 cm³/mol. The summed E-state index contributed by atoms with van der Waals surface area (Å²) in [4.78, 5) is 11.7. The summed E-state index contributed by atoms with van der Waals surface area (Å²) < 4.78 is 39.8. The molecule has 6 heteroatoms. The average Bonchev–Trinajstić information content (AvgIpc) is 3.28. The molecule has 1 N–H and O–H groups in total. The average molecular weight is 386 g/mol. The van der Waals surface area contributed by atoms with Gasteiger partial charge in [0.25, 0.3) is 0 Å². The number of benzene rings is 2. The quantitative estimate of drug-likeness (QED) is 0.834. The SMILES string of the molecule is O=C([O-])c1cccc2c1N[C@H](c1cccc(C(F)(F)F)c1)[C@H]1[C@H]3CC[C@@H](C3)[C@H]21. The number of carboxylic acids is 1. The van der Waals surface area contributed by atoms with Gasteiger partial charge in [0.1, 0.15) is 0 Å². The fourth-order valence-electron chi connectivity index (χ4n) is 5.92. The Hall–Kier alpha value is -2.50. The lowest BCUT2D eigenvalue weighted by molar-refractivity contribution is -0.254. The second kappa shape index (κ2) is 6.00. The van der Waals surface area contributed by atoms with Crippen molar-refractivity contribution in [3.63, 3.8) is 0 Å². The molecule has 2 saturated carbocycles. The number of alkyl halides is 3. The molecule has 0 unspecified atom stereocenters. The second-order valence-electron chi connectivity index (χ2n) is 8.24. The lowest BCUT2D eigenvalue weighted by Gasteiger charge is -2.44. The topological polar surface area (TPSA) is 52.2 Å². The van der Waals surface area contributed by atoms with Crippen LogP contribution in [0.5, 0.6) is 0 Å². The molecule has 3 aliphatic rings. The Bertz CT molecular complexity index is 955. The van der Waals surface area contributed by atoms with Crippen LogP contribution >= 0.6 is 0 Å². The van der Waals surface area contributed by atoms with E-state index in [0.29, 0.717) is 23.1 Å². The van der Waals surface area contributed by atoms with Gasteiger partial charge >= 0.3 is 6.18 Å². The lowest BCUT2D eigenvalue weighted by atomic mass is 9.67. The molecule has 5 atom stereocenters. The summed E-state index contributed by atoms with van der Waals surface area (Å²) >= 11 is 0. The minimum Gasteiger partial charge on any atom is -0.545 e. The maximum atomic E-state index is 13.3. The van der Waals surface area contributed by atoms with Crippen molar-refractivity contribution >= 4 is 11.7 Å². The zero-order chi connectivity index (χ0) is 19.6. The van der Waals surface area contributed by atoms with E-state index in [1.807, 2.05) is 6.07 Å². The second-order valence-corrected chi connectivity index (χ2v) is 8.24. The van der Waals surface area contributed by atoms with Gasteiger partial charge in [-0.25, -0.2) is 0 Å².